The van der Waals surface area contributed by atoms with Gasteiger partial charge in [0.2, 0.25) is 0 Å². The summed E-state index contributed by atoms with van der Waals surface area (Å²) in [5.74, 6) is 0. The van der Waals surface area contributed by atoms with Crippen LogP contribution in [-0.2, 0) is 6.54 Å². The molecule has 0 aliphatic heterocycles. The molecule has 0 aromatic heterocycles. The van der Waals surface area contributed by atoms with Crippen molar-refractivity contribution in [1.29, 1.82) is 0 Å². The first-order valence-electron chi connectivity index (χ1n) is 8.27. The zero-order valence-electron chi connectivity index (χ0n) is 13.5. The second-order valence-corrected chi connectivity index (χ2v) is 7.12. The summed E-state index contributed by atoms with van der Waals surface area (Å²) < 4.78 is 0. The maximum atomic E-state index is 6.08. The van der Waals surface area contributed by atoms with E-state index in [2.05, 4.69) is 36.3 Å². The Bertz CT molecular complexity index is 427. The van der Waals surface area contributed by atoms with Crippen molar-refractivity contribution in [3.8, 4) is 0 Å². The molecule has 2 rings (SSSR count). The van der Waals surface area contributed by atoms with Crippen LogP contribution in [0.5, 0.6) is 0 Å². The molecule has 118 valence electrons. The van der Waals surface area contributed by atoms with Gasteiger partial charge in [-0.2, -0.15) is 0 Å². The van der Waals surface area contributed by atoms with E-state index in [0.29, 0.717) is 5.41 Å². The number of hydrogen-bond acceptors (Lipinski definition) is 2. The number of hydrogen-bond donors (Lipinski definition) is 1. The van der Waals surface area contributed by atoms with Crippen LogP contribution in [0.15, 0.2) is 24.3 Å². The molecular formula is C18H29ClN2. The summed E-state index contributed by atoms with van der Waals surface area (Å²) in [6, 6.07) is 8.23. The Morgan fingerprint density at radius 3 is 2.71 bits per heavy atom. The summed E-state index contributed by atoms with van der Waals surface area (Å²) in [6.07, 6.45) is 6.72. The summed E-state index contributed by atoms with van der Waals surface area (Å²) in [6.45, 7) is 6.70. The van der Waals surface area contributed by atoms with Gasteiger partial charge in [-0.1, -0.05) is 43.5 Å². The summed E-state index contributed by atoms with van der Waals surface area (Å²) in [7, 11) is 2.24. The zero-order valence-corrected chi connectivity index (χ0v) is 14.3. The fourth-order valence-electron chi connectivity index (χ4n) is 3.62. The van der Waals surface area contributed by atoms with Crippen molar-refractivity contribution in [1.82, 2.24) is 10.2 Å². The first-order chi connectivity index (χ1) is 10.1. The minimum Gasteiger partial charge on any atom is -0.316 e. The van der Waals surface area contributed by atoms with Gasteiger partial charge in [0.25, 0.3) is 0 Å². The van der Waals surface area contributed by atoms with Gasteiger partial charge in [0.15, 0.2) is 0 Å². The molecule has 1 aromatic carbocycles. The smallest absolute Gasteiger partial charge is 0.0409 e. The minimum absolute atomic E-state index is 0.475. The fraction of sp³-hybridized carbons (Fsp3) is 0.667. The van der Waals surface area contributed by atoms with Crippen LogP contribution in [0.2, 0.25) is 5.02 Å². The average Bonchev–Trinajstić information content (AvgIpc) is 2.87. The van der Waals surface area contributed by atoms with Gasteiger partial charge in [-0.05, 0) is 56.0 Å². The maximum Gasteiger partial charge on any atom is 0.0409 e. The Balaban J connectivity index is 1.90. The quantitative estimate of drug-likeness (QED) is 0.719. The number of nitrogens with one attached hydrogen (secondary N) is 1. The number of halogens is 1. The van der Waals surface area contributed by atoms with E-state index in [1.165, 1.54) is 50.8 Å². The van der Waals surface area contributed by atoms with Gasteiger partial charge in [0.1, 0.15) is 0 Å². The van der Waals surface area contributed by atoms with Gasteiger partial charge in [0.05, 0.1) is 0 Å². The highest BCUT2D eigenvalue weighted by molar-refractivity contribution is 6.30. The lowest BCUT2D eigenvalue weighted by Gasteiger charge is -2.34. The van der Waals surface area contributed by atoms with Crippen LogP contribution in [0.4, 0.5) is 0 Å². The van der Waals surface area contributed by atoms with Crippen LogP contribution in [0.1, 0.15) is 44.6 Å². The van der Waals surface area contributed by atoms with E-state index in [9.17, 15) is 0 Å². The standard InChI is InChI=1S/C18H29ClN2/c1-3-11-20-14-18(9-4-5-10-18)15-21(2)13-16-7-6-8-17(19)12-16/h6-8,12,20H,3-5,9-11,13-15H2,1-2H3. The van der Waals surface area contributed by atoms with Crippen LogP contribution >= 0.6 is 11.6 Å². The molecule has 0 heterocycles. The van der Waals surface area contributed by atoms with Crippen molar-refractivity contribution >= 4 is 11.6 Å². The molecule has 0 atom stereocenters. The van der Waals surface area contributed by atoms with Crippen molar-refractivity contribution in [3.05, 3.63) is 34.9 Å². The summed E-state index contributed by atoms with van der Waals surface area (Å²) >= 11 is 6.08. The highest BCUT2D eigenvalue weighted by Gasteiger charge is 2.34. The van der Waals surface area contributed by atoms with Crippen molar-refractivity contribution < 1.29 is 0 Å². The number of rotatable bonds is 8. The van der Waals surface area contributed by atoms with Gasteiger partial charge < -0.3 is 10.2 Å². The second kappa shape index (κ2) is 8.17. The summed E-state index contributed by atoms with van der Waals surface area (Å²) in [5, 5.41) is 4.48. The lowest BCUT2D eigenvalue weighted by molar-refractivity contribution is 0.168. The molecule has 0 radical (unpaired) electrons. The highest BCUT2D eigenvalue weighted by Crippen LogP contribution is 2.38. The normalized spacial score (nSPS) is 17.5. The third-order valence-corrected chi connectivity index (χ3v) is 4.77. The van der Waals surface area contributed by atoms with Crippen LogP contribution in [0.25, 0.3) is 0 Å². The predicted octanol–water partition coefficient (Wildman–Crippen LogP) is 4.33. The van der Waals surface area contributed by atoms with Gasteiger partial charge in [-0.25, -0.2) is 0 Å². The van der Waals surface area contributed by atoms with E-state index in [0.717, 1.165) is 18.1 Å². The molecular weight excluding hydrogens is 280 g/mol. The van der Waals surface area contributed by atoms with E-state index >= 15 is 0 Å². The van der Waals surface area contributed by atoms with Gasteiger partial charge in [0, 0.05) is 24.7 Å². The van der Waals surface area contributed by atoms with Crippen LogP contribution in [0, 0.1) is 5.41 Å². The molecule has 3 heteroatoms. The molecule has 1 aromatic rings. The fourth-order valence-corrected chi connectivity index (χ4v) is 3.83. The molecule has 0 spiro atoms. The van der Waals surface area contributed by atoms with Crippen molar-refractivity contribution in [2.75, 3.05) is 26.7 Å². The molecule has 0 saturated heterocycles. The Morgan fingerprint density at radius 2 is 2.05 bits per heavy atom. The van der Waals surface area contributed by atoms with E-state index in [-0.39, 0.29) is 0 Å². The predicted molar refractivity (Wildman–Crippen MR) is 91.8 cm³/mol. The third-order valence-electron chi connectivity index (χ3n) is 4.54. The van der Waals surface area contributed by atoms with Gasteiger partial charge in [-0.15, -0.1) is 0 Å². The molecule has 21 heavy (non-hydrogen) atoms. The Morgan fingerprint density at radius 1 is 1.29 bits per heavy atom. The molecule has 0 bridgehead atoms. The Kier molecular flexibility index (Phi) is 6.53. The van der Waals surface area contributed by atoms with Crippen molar-refractivity contribution in [2.45, 2.75) is 45.6 Å². The second-order valence-electron chi connectivity index (χ2n) is 6.69. The van der Waals surface area contributed by atoms with E-state index in [1.807, 2.05) is 12.1 Å². The minimum atomic E-state index is 0.475. The molecule has 1 aliphatic carbocycles. The topological polar surface area (TPSA) is 15.3 Å². The number of benzene rings is 1. The van der Waals surface area contributed by atoms with Gasteiger partial charge >= 0.3 is 0 Å². The van der Waals surface area contributed by atoms with E-state index in [1.54, 1.807) is 0 Å². The zero-order chi connectivity index (χ0) is 15.1. The molecule has 0 amide bonds. The van der Waals surface area contributed by atoms with Crippen LogP contribution < -0.4 is 5.32 Å². The lowest BCUT2D eigenvalue weighted by Crippen LogP contribution is -2.41. The first kappa shape index (κ1) is 16.8. The van der Waals surface area contributed by atoms with E-state index in [4.69, 9.17) is 11.6 Å². The SMILES string of the molecule is CCCNCC1(CN(C)Cc2cccc(Cl)c2)CCCC1. The van der Waals surface area contributed by atoms with Crippen molar-refractivity contribution in [3.63, 3.8) is 0 Å². The van der Waals surface area contributed by atoms with E-state index < -0.39 is 0 Å². The molecule has 1 N–H and O–H groups in total. The molecule has 1 aliphatic rings. The molecule has 1 fully saturated rings. The summed E-state index contributed by atoms with van der Waals surface area (Å²) in [5.41, 5.74) is 1.78. The largest absolute Gasteiger partial charge is 0.316 e. The molecule has 1 saturated carbocycles. The monoisotopic (exact) mass is 308 g/mol. The molecule has 2 nitrogen and oxygen atoms in total. The van der Waals surface area contributed by atoms with Crippen LogP contribution in [-0.4, -0.2) is 31.6 Å². The van der Waals surface area contributed by atoms with Crippen LogP contribution in [0.3, 0.4) is 0 Å². The Labute approximate surface area is 134 Å². The lowest BCUT2D eigenvalue weighted by atomic mass is 9.85. The Hall–Kier alpha value is -0.570. The number of nitrogens with zero attached hydrogens (tertiary/aromatic N) is 1. The van der Waals surface area contributed by atoms with Gasteiger partial charge in [-0.3, -0.25) is 0 Å². The average molecular weight is 309 g/mol. The van der Waals surface area contributed by atoms with Crippen molar-refractivity contribution in [2.24, 2.45) is 5.41 Å². The first-order valence-corrected chi connectivity index (χ1v) is 8.65. The summed E-state index contributed by atoms with van der Waals surface area (Å²) in [4.78, 5) is 2.46. The maximum absolute atomic E-state index is 6.08. The third kappa shape index (κ3) is 5.28. The molecule has 0 unspecified atom stereocenters. The highest BCUT2D eigenvalue weighted by atomic mass is 35.5.